The lowest BCUT2D eigenvalue weighted by Gasteiger charge is -2.46. The van der Waals surface area contributed by atoms with E-state index in [4.69, 9.17) is 4.74 Å². The summed E-state index contributed by atoms with van der Waals surface area (Å²) in [6.45, 7) is 6.70. The number of ether oxygens (including phenoxy) is 1. The van der Waals surface area contributed by atoms with Crippen molar-refractivity contribution < 1.29 is 49.9 Å². The minimum absolute atomic E-state index is 0.00406. The first-order valence-corrected chi connectivity index (χ1v) is 15.4. The lowest BCUT2D eigenvalue weighted by atomic mass is 9.97. The highest BCUT2D eigenvalue weighted by atomic mass is 19.4. The van der Waals surface area contributed by atoms with Crippen molar-refractivity contribution in [3.8, 4) is 0 Å². The lowest BCUT2D eigenvalue weighted by molar-refractivity contribution is -0.145. The number of amides is 4. The fourth-order valence-corrected chi connectivity index (χ4v) is 5.96. The summed E-state index contributed by atoms with van der Waals surface area (Å²) in [5.41, 5.74) is -2.33. The molecule has 0 aromatic heterocycles. The van der Waals surface area contributed by atoms with Gasteiger partial charge in [0, 0.05) is 52.9 Å². The molecular formula is C32H38F7N5O4. The van der Waals surface area contributed by atoms with Crippen LogP contribution in [0, 0.1) is 12.7 Å². The van der Waals surface area contributed by atoms with E-state index in [9.17, 15) is 45.1 Å². The number of carbonyl (C=O) groups is 3. The number of rotatable bonds is 6. The van der Waals surface area contributed by atoms with E-state index in [1.54, 1.807) is 23.6 Å². The molecule has 0 saturated carbocycles. The summed E-state index contributed by atoms with van der Waals surface area (Å²) >= 11 is 0. The van der Waals surface area contributed by atoms with Gasteiger partial charge >= 0.3 is 30.4 Å². The molecule has 9 nitrogen and oxygen atoms in total. The van der Waals surface area contributed by atoms with E-state index in [0.29, 0.717) is 49.4 Å². The van der Waals surface area contributed by atoms with Crippen LogP contribution in [0.1, 0.15) is 53.7 Å². The van der Waals surface area contributed by atoms with Gasteiger partial charge in [-0.25, -0.2) is 14.0 Å². The molecule has 4 rings (SSSR count). The molecule has 2 aromatic rings. The van der Waals surface area contributed by atoms with E-state index in [0.717, 1.165) is 4.90 Å². The number of carbonyl (C=O) groups excluding carboxylic acids is 3. The van der Waals surface area contributed by atoms with Crippen molar-refractivity contribution in [3.63, 3.8) is 0 Å². The number of hydrogen-bond acceptors (Lipinski definition) is 5. The van der Waals surface area contributed by atoms with Crippen LogP contribution in [0.5, 0.6) is 0 Å². The van der Waals surface area contributed by atoms with E-state index in [2.05, 4.69) is 0 Å². The first kappa shape index (κ1) is 36.8. The van der Waals surface area contributed by atoms with Crippen molar-refractivity contribution >= 4 is 18.0 Å². The van der Waals surface area contributed by atoms with Crippen molar-refractivity contribution in [2.24, 2.45) is 0 Å². The van der Waals surface area contributed by atoms with E-state index in [-0.39, 0.29) is 56.4 Å². The van der Waals surface area contributed by atoms with Gasteiger partial charge in [-0.15, -0.1) is 0 Å². The van der Waals surface area contributed by atoms with Gasteiger partial charge in [0.25, 0.3) is 0 Å². The molecule has 0 aliphatic carbocycles. The third-order valence-electron chi connectivity index (χ3n) is 8.76. The first-order valence-electron chi connectivity index (χ1n) is 15.4. The van der Waals surface area contributed by atoms with Gasteiger partial charge in [-0.3, -0.25) is 9.69 Å². The maximum atomic E-state index is 14.1. The number of urea groups is 2. The Hall–Kier alpha value is -4.08. The number of halogens is 7. The second-order valence-corrected chi connectivity index (χ2v) is 11.9. The third kappa shape index (κ3) is 8.49. The molecule has 264 valence electrons. The van der Waals surface area contributed by atoms with Crippen LogP contribution < -0.4 is 0 Å². The van der Waals surface area contributed by atoms with Crippen LogP contribution in [0.25, 0.3) is 0 Å². The molecule has 4 amide bonds. The largest absolute Gasteiger partial charge is 0.465 e. The highest BCUT2D eigenvalue weighted by Crippen LogP contribution is 2.39. The molecule has 0 spiro atoms. The van der Waals surface area contributed by atoms with E-state index in [1.165, 1.54) is 37.1 Å². The summed E-state index contributed by atoms with van der Waals surface area (Å²) in [6.07, 6.45) is -10.1. The fraction of sp³-hybridized carbons (Fsp3) is 0.531. The maximum absolute atomic E-state index is 14.1. The number of esters is 1. The Morgan fingerprint density at radius 2 is 1.48 bits per heavy atom. The predicted molar refractivity (Wildman–Crippen MR) is 160 cm³/mol. The normalized spacial score (nSPS) is 18.5. The standard InChI is InChI=1S/C32H38F7N5O4/c1-5-48-28(45)19-41-8-10-42(11-9-41)30(47)43-12-13-44(27(18-43)26-7-6-25(33)14-20(26)2)29(46)40(4)21(3)22-15-23(31(34,35)36)17-24(16-22)32(37,38)39/h6-7,14-17,21,27H,5,8-13,18-19H2,1-4H3/t21-,27-/m1/s1. The van der Waals surface area contributed by atoms with Crippen LogP contribution in [-0.4, -0.2) is 109 Å². The fourth-order valence-electron chi connectivity index (χ4n) is 5.96. The predicted octanol–water partition coefficient (Wildman–Crippen LogP) is 5.94. The Balaban J connectivity index is 1.56. The SMILES string of the molecule is CCOC(=O)CN1CCN(C(=O)N2CCN(C(=O)N(C)[C@H](C)c3cc(C(F)(F)F)cc(C(F)(F)F)c3)[C@@H](c3ccc(F)cc3C)C2)CC1. The van der Waals surface area contributed by atoms with Crippen LogP contribution in [0.4, 0.5) is 40.3 Å². The van der Waals surface area contributed by atoms with Gasteiger partial charge in [-0.05, 0) is 67.8 Å². The van der Waals surface area contributed by atoms with Crippen molar-refractivity contribution in [2.45, 2.75) is 45.2 Å². The van der Waals surface area contributed by atoms with Gasteiger partial charge in [0.1, 0.15) is 5.82 Å². The van der Waals surface area contributed by atoms with Gasteiger partial charge in [0.2, 0.25) is 0 Å². The van der Waals surface area contributed by atoms with Crippen molar-refractivity contribution in [1.29, 1.82) is 0 Å². The molecule has 0 unspecified atom stereocenters. The third-order valence-corrected chi connectivity index (χ3v) is 8.76. The highest BCUT2D eigenvalue weighted by molar-refractivity contribution is 5.78. The number of nitrogens with zero attached hydrogens (tertiary/aromatic N) is 5. The minimum atomic E-state index is -5.06. The molecule has 2 saturated heterocycles. The Bertz CT molecular complexity index is 1460. The number of benzene rings is 2. The summed E-state index contributed by atoms with van der Waals surface area (Å²) in [5, 5.41) is 0. The van der Waals surface area contributed by atoms with Crippen LogP contribution in [-0.2, 0) is 21.9 Å². The van der Waals surface area contributed by atoms with Crippen molar-refractivity contribution in [1.82, 2.24) is 24.5 Å². The monoisotopic (exact) mass is 689 g/mol. The summed E-state index contributed by atoms with van der Waals surface area (Å²) in [5.74, 6) is -0.877. The summed E-state index contributed by atoms with van der Waals surface area (Å²) in [4.78, 5) is 47.0. The van der Waals surface area contributed by atoms with E-state index >= 15 is 0 Å². The van der Waals surface area contributed by atoms with Crippen molar-refractivity contribution in [3.05, 3.63) is 70.0 Å². The van der Waals surface area contributed by atoms with Crippen molar-refractivity contribution in [2.75, 3.05) is 66.0 Å². The zero-order chi connectivity index (χ0) is 35.6. The van der Waals surface area contributed by atoms with Crippen LogP contribution in [0.2, 0.25) is 0 Å². The molecule has 0 N–H and O–H groups in total. The smallest absolute Gasteiger partial charge is 0.416 e. The van der Waals surface area contributed by atoms with Gasteiger partial charge < -0.3 is 24.3 Å². The molecule has 2 aromatic carbocycles. The summed E-state index contributed by atoms with van der Waals surface area (Å²) in [6, 6.07) is 2.19. The second-order valence-electron chi connectivity index (χ2n) is 11.9. The van der Waals surface area contributed by atoms with E-state index < -0.39 is 47.4 Å². The molecule has 2 aliphatic heterocycles. The number of piperazine rings is 2. The van der Waals surface area contributed by atoms with Gasteiger partial charge in [0.15, 0.2) is 0 Å². The Kier molecular flexibility index (Phi) is 11.2. The molecule has 0 radical (unpaired) electrons. The Morgan fingerprint density at radius 3 is 2.02 bits per heavy atom. The zero-order valence-electron chi connectivity index (χ0n) is 27.0. The molecule has 2 atom stereocenters. The number of aryl methyl sites for hydroxylation is 1. The highest BCUT2D eigenvalue weighted by Gasteiger charge is 2.40. The molecule has 16 heteroatoms. The summed E-state index contributed by atoms with van der Waals surface area (Å²) < 4.78 is 100. The molecule has 2 aliphatic rings. The van der Waals surface area contributed by atoms with Gasteiger partial charge in [0.05, 0.1) is 36.4 Å². The lowest BCUT2D eigenvalue weighted by Crippen LogP contribution is -2.59. The molecule has 0 bridgehead atoms. The molecular weight excluding hydrogens is 651 g/mol. The maximum Gasteiger partial charge on any atom is 0.416 e. The topological polar surface area (TPSA) is 76.6 Å². The first-order chi connectivity index (χ1) is 22.4. The van der Waals surface area contributed by atoms with Crippen LogP contribution >= 0.6 is 0 Å². The van der Waals surface area contributed by atoms with Crippen LogP contribution in [0.3, 0.4) is 0 Å². The number of alkyl halides is 6. The molecule has 48 heavy (non-hydrogen) atoms. The molecule has 2 heterocycles. The molecule has 2 fully saturated rings. The Labute approximate surface area is 273 Å². The van der Waals surface area contributed by atoms with Gasteiger partial charge in [-0.1, -0.05) is 6.07 Å². The minimum Gasteiger partial charge on any atom is -0.465 e. The average molecular weight is 690 g/mol. The van der Waals surface area contributed by atoms with Crippen LogP contribution in [0.15, 0.2) is 36.4 Å². The number of hydrogen-bond donors (Lipinski definition) is 0. The quantitative estimate of drug-likeness (QED) is 0.277. The summed E-state index contributed by atoms with van der Waals surface area (Å²) in [7, 11) is 1.28. The zero-order valence-corrected chi connectivity index (χ0v) is 27.0. The average Bonchev–Trinajstić information content (AvgIpc) is 3.02. The second kappa shape index (κ2) is 14.6. The van der Waals surface area contributed by atoms with Gasteiger partial charge in [-0.2, -0.15) is 26.3 Å². The van der Waals surface area contributed by atoms with E-state index in [1.807, 2.05) is 4.90 Å². The Morgan fingerprint density at radius 1 is 0.896 bits per heavy atom.